The summed E-state index contributed by atoms with van der Waals surface area (Å²) >= 11 is 0. The van der Waals surface area contributed by atoms with Gasteiger partial charge < -0.3 is 5.32 Å². The molecule has 8 heteroatoms. The lowest BCUT2D eigenvalue weighted by atomic mass is 10.1. The largest absolute Gasteiger partial charge is 0.321 e. The van der Waals surface area contributed by atoms with Gasteiger partial charge >= 0.3 is 0 Å². The number of nitrogens with one attached hydrogen (secondary N) is 1. The molecule has 29 heavy (non-hydrogen) atoms. The van der Waals surface area contributed by atoms with E-state index < -0.39 is 15.7 Å². The van der Waals surface area contributed by atoms with E-state index in [0.717, 1.165) is 17.7 Å². The molecule has 1 saturated heterocycles. The molecule has 0 spiro atoms. The predicted molar refractivity (Wildman–Crippen MR) is 112 cm³/mol. The van der Waals surface area contributed by atoms with Gasteiger partial charge in [-0.15, -0.1) is 0 Å². The number of rotatable bonds is 5. The predicted octanol–water partition coefficient (Wildman–Crippen LogP) is 2.97. The average molecular weight is 413 g/mol. The third kappa shape index (κ3) is 4.57. The molecule has 1 aliphatic heterocycles. The molecule has 7 nitrogen and oxygen atoms in total. The van der Waals surface area contributed by atoms with Crippen molar-refractivity contribution in [3.63, 3.8) is 0 Å². The molecule has 0 radical (unpaired) electrons. The number of benzene rings is 1. The number of sulfone groups is 1. The van der Waals surface area contributed by atoms with Crippen LogP contribution in [-0.2, 0) is 21.1 Å². The first-order valence-corrected chi connectivity index (χ1v) is 11.3. The molecule has 152 valence electrons. The van der Waals surface area contributed by atoms with E-state index >= 15 is 0 Å². The summed E-state index contributed by atoms with van der Waals surface area (Å²) in [6, 6.07) is 9.22. The van der Waals surface area contributed by atoms with E-state index in [1.54, 1.807) is 23.7 Å². The van der Waals surface area contributed by atoms with Gasteiger partial charge in [0.25, 0.3) is 5.91 Å². The third-order valence-electron chi connectivity index (χ3n) is 5.21. The van der Waals surface area contributed by atoms with Crippen LogP contribution in [0.5, 0.6) is 0 Å². The molecule has 2 aromatic rings. The molecule has 0 saturated carbocycles. The number of hydrogen-bond acceptors (Lipinski definition) is 5. The van der Waals surface area contributed by atoms with Crippen molar-refractivity contribution < 1.29 is 13.2 Å². The van der Waals surface area contributed by atoms with Gasteiger partial charge in [0.2, 0.25) is 0 Å². The monoisotopic (exact) mass is 412 g/mol. The van der Waals surface area contributed by atoms with E-state index in [2.05, 4.69) is 17.3 Å². The zero-order valence-corrected chi connectivity index (χ0v) is 17.6. The molecule has 2 heterocycles. The van der Waals surface area contributed by atoms with Crippen LogP contribution in [0.15, 0.2) is 29.8 Å². The van der Waals surface area contributed by atoms with Gasteiger partial charge in [0.05, 0.1) is 23.2 Å². The molecule has 1 amide bonds. The van der Waals surface area contributed by atoms with E-state index in [9.17, 15) is 18.5 Å². The van der Waals surface area contributed by atoms with Crippen LogP contribution < -0.4 is 5.32 Å². The molecule has 0 unspecified atom stereocenters. The molecule has 1 aromatic carbocycles. The lowest BCUT2D eigenvalue weighted by Gasteiger charge is -2.11. The van der Waals surface area contributed by atoms with Crippen LogP contribution in [0.4, 0.5) is 5.69 Å². The Balaban J connectivity index is 1.85. The zero-order chi connectivity index (χ0) is 21.2. The maximum atomic E-state index is 12.6. The average Bonchev–Trinajstić information content (AvgIpc) is 3.19. The Bertz CT molecular complexity index is 1110. The Morgan fingerprint density at radius 1 is 1.34 bits per heavy atom. The summed E-state index contributed by atoms with van der Waals surface area (Å²) in [7, 11) is -3.04. The molecule has 1 fully saturated rings. The maximum absolute atomic E-state index is 12.6. The summed E-state index contributed by atoms with van der Waals surface area (Å²) in [6.45, 7) is 5.66. The van der Waals surface area contributed by atoms with E-state index in [4.69, 9.17) is 0 Å². The minimum absolute atomic E-state index is 0.0330. The van der Waals surface area contributed by atoms with Gasteiger partial charge in [-0.05, 0) is 50.5 Å². The van der Waals surface area contributed by atoms with Gasteiger partial charge in [-0.3, -0.25) is 9.48 Å². The van der Waals surface area contributed by atoms with Gasteiger partial charge in [-0.25, -0.2) is 8.42 Å². The van der Waals surface area contributed by atoms with Gasteiger partial charge in [0, 0.05) is 16.9 Å². The molecular weight excluding hydrogens is 388 g/mol. The number of carbonyl (C=O) groups excluding carboxylic acids is 1. The second-order valence-electron chi connectivity index (χ2n) is 7.26. The molecule has 0 aliphatic carbocycles. The lowest BCUT2D eigenvalue weighted by molar-refractivity contribution is -0.112. The molecular formula is C21H24N4O3S. The van der Waals surface area contributed by atoms with Gasteiger partial charge in [0.1, 0.15) is 11.6 Å². The Kier molecular flexibility index (Phi) is 5.89. The van der Waals surface area contributed by atoms with E-state index in [0.29, 0.717) is 23.4 Å². The number of hydrogen-bond donors (Lipinski definition) is 1. The highest BCUT2D eigenvalue weighted by Crippen LogP contribution is 2.27. The summed E-state index contributed by atoms with van der Waals surface area (Å²) in [5, 5.41) is 16.7. The Labute approximate surface area is 171 Å². The first kappa shape index (κ1) is 20.8. The Hall–Kier alpha value is -2.92. The molecule has 1 aromatic heterocycles. The number of aromatic nitrogens is 2. The van der Waals surface area contributed by atoms with E-state index in [-0.39, 0.29) is 23.1 Å². The van der Waals surface area contributed by atoms with Crippen LogP contribution in [0.3, 0.4) is 0 Å². The molecule has 0 bridgehead atoms. The Morgan fingerprint density at radius 2 is 2.03 bits per heavy atom. The van der Waals surface area contributed by atoms with Crippen molar-refractivity contribution in [1.29, 1.82) is 5.26 Å². The molecule has 1 N–H and O–H groups in total. The topological polar surface area (TPSA) is 105 Å². The highest BCUT2D eigenvalue weighted by Gasteiger charge is 2.31. The van der Waals surface area contributed by atoms with Crippen LogP contribution in [-0.4, -0.2) is 35.6 Å². The number of aryl methyl sites for hydroxylation is 2. The SMILES string of the molecule is CCc1ccc(NC(=O)/C(C#N)=C/c2c(C)nn([C@H]3CCS(=O)(=O)C3)c2C)cc1. The number of nitriles is 1. The van der Waals surface area contributed by atoms with E-state index in [1.165, 1.54) is 6.08 Å². The smallest absolute Gasteiger partial charge is 0.266 e. The van der Waals surface area contributed by atoms with Crippen LogP contribution in [0, 0.1) is 25.2 Å². The van der Waals surface area contributed by atoms with Crippen molar-refractivity contribution in [2.75, 3.05) is 16.8 Å². The summed E-state index contributed by atoms with van der Waals surface area (Å²) in [5.74, 6) is -0.270. The minimum Gasteiger partial charge on any atom is -0.321 e. The van der Waals surface area contributed by atoms with Crippen LogP contribution in [0.1, 0.15) is 41.9 Å². The minimum atomic E-state index is -3.04. The lowest BCUT2D eigenvalue weighted by Crippen LogP contribution is -2.14. The fraction of sp³-hybridized carbons (Fsp3) is 0.381. The van der Waals surface area contributed by atoms with Gasteiger partial charge in [0.15, 0.2) is 9.84 Å². The van der Waals surface area contributed by atoms with Crippen LogP contribution >= 0.6 is 0 Å². The van der Waals surface area contributed by atoms with Crippen LogP contribution in [0.2, 0.25) is 0 Å². The number of carbonyl (C=O) groups is 1. The van der Waals surface area contributed by atoms with E-state index in [1.807, 2.05) is 25.1 Å². The van der Waals surface area contributed by atoms with Gasteiger partial charge in [-0.2, -0.15) is 10.4 Å². The zero-order valence-electron chi connectivity index (χ0n) is 16.8. The fourth-order valence-electron chi connectivity index (χ4n) is 3.52. The Morgan fingerprint density at radius 3 is 2.59 bits per heavy atom. The summed E-state index contributed by atoms with van der Waals surface area (Å²) in [5.41, 5.74) is 3.81. The van der Waals surface area contributed by atoms with Crippen molar-refractivity contribution in [3.05, 3.63) is 52.4 Å². The van der Waals surface area contributed by atoms with Crippen molar-refractivity contribution in [1.82, 2.24) is 9.78 Å². The van der Waals surface area contributed by atoms with Crippen LogP contribution in [0.25, 0.3) is 6.08 Å². The number of amides is 1. The summed E-state index contributed by atoms with van der Waals surface area (Å²) in [6.07, 6.45) is 2.95. The van der Waals surface area contributed by atoms with Crippen molar-refractivity contribution in [2.45, 2.75) is 39.7 Å². The second-order valence-corrected chi connectivity index (χ2v) is 9.49. The number of nitrogens with zero attached hydrogens (tertiary/aromatic N) is 3. The first-order valence-electron chi connectivity index (χ1n) is 9.52. The molecule has 3 rings (SSSR count). The summed E-state index contributed by atoms with van der Waals surface area (Å²) in [4.78, 5) is 12.6. The maximum Gasteiger partial charge on any atom is 0.266 e. The second kappa shape index (κ2) is 8.21. The highest BCUT2D eigenvalue weighted by atomic mass is 32.2. The summed E-state index contributed by atoms with van der Waals surface area (Å²) < 4.78 is 25.3. The molecule has 1 atom stereocenters. The van der Waals surface area contributed by atoms with Crippen molar-refractivity contribution in [2.24, 2.45) is 0 Å². The third-order valence-corrected chi connectivity index (χ3v) is 6.96. The van der Waals surface area contributed by atoms with Crippen molar-refractivity contribution in [3.8, 4) is 6.07 Å². The van der Waals surface area contributed by atoms with Gasteiger partial charge in [-0.1, -0.05) is 19.1 Å². The first-order chi connectivity index (χ1) is 13.7. The normalized spacial score (nSPS) is 18.4. The number of anilines is 1. The highest BCUT2D eigenvalue weighted by molar-refractivity contribution is 7.91. The fourth-order valence-corrected chi connectivity index (χ4v) is 5.22. The standard InChI is InChI=1S/C21H24N4O3S/c1-4-16-5-7-18(8-6-16)23-21(26)17(12-22)11-20-14(2)24-25(15(20)3)19-9-10-29(27,28)13-19/h5-8,11,19H,4,9-10,13H2,1-3H3,(H,23,26)/b17-11+/t19-/m0/s1. The molecule has 1 aliphatic rings. The quantitative estimate of drug-likeness (QED) is 0.600. The van der Waals surface area contributed by atoms with Crippen molar-refractivity contribution >= 4 is 27.5 Å².